The van der Waals surface area contributed by atoms with E-state index in [-0.39, 0.29) is 23.5 Å². The van der Waals surface area contributed by atoms with Gasteiger partial charge in [0.1, 0.15) is 11.1 Å². The Kier molecular flexibility index (Phi) is 6.65. The van der Waals surface area contributed by atoms with Gasteiger partial charge in [0.05, 0.1) is 11.3 Å². The molecule has 7 heteroatoms. The van der Waals surface area contributed by atoms with Gasteiger partial charge in [-0.15, -0.1) is 0 Å². The van der Waals surface area contributed by atoms with Gasteiger partial charge in [-0.05, 0) is 44.7 Å². The summed E-state index contributed by atoms with van der Waals surface area (Å²) < 4.78 is 0. The molecule has 1 aromatic rings. The van der Waals surface area contributed by atoms with Crippen LogP contribution in [0.1, 0.15) is 35.2 Å². The summed E-state index contributed by atoms with van der Waals surface area (Å²) in [7, 11) is 3.53. The van der Waals surface area contributed by atoms with Crippen LogP contribution in [0.5, 0.6) is 0 Å². The quantitative estimate of drug-likeness (QED) is 0.756. The first-order valence-electron chi connectivity index (χ1n) is 8.75. The maximum absolute atomic E-state index is 12.5. The van der Waals surface area contributed by atoms with Crippen LogP contribution in [-0.4, -0.2) is 59.5 Å². The molecule has 2 amide bonds. The number of pyridine rings is 1. The summed E-state index contributed by atoms with van der Waals surface area (Å²) in [6.45, 7) is 7.00. The number of hydrogen-bond donors (Lipinski definition) is 0. The first-order chi connectivity index (χ1) is 12.3. The predicted molar refractivity (Wildman–Crippen MR) is 102 cm³/mol. The standard InChI is InChI=1S/C19H26N4O2S/c1-12-13(2)16(10-20)18(21-14(12)3)26-11-17(24)23-8-6-15(7-9-23)19(25)22(4)5/h15H,6-9,11H2,1-5H3. The molecule has 6 nitrogen and oxygen atoms in total. The van der Waals surface area contributed by atoms with Gasteiger partial charge in [0, 0.05) is 38.8 Å². The van der Waals surface area contributed by atoms with E-state index in [0.717, 1.165) is 16.8 Å². The second kappa shape index (κ2) is 8.54. The molecule has 1 aliphatic heterocycles. The lowest BCUT2D eigenvalue weighted by Crippen LogP contribution is -2.43. The van der Waals surface area contributed by atoms with E-state index in [1.165, 1.54) is 11.8 Å². The van der Waals surface area contributed by atoms with Crippen molar-refractivity contribution < 1.29 is 9.59 Å². The summed E-state index contributed by atoms with van der Waals surface area (Å²) in [5.41, 5.74) is 3.39. The summed E-state index contributed by atoms with van der Waals surface area (Å²) in [4.78, 5) is 32.5. The van der Waals surface area contributed by atoms with Gasteiger partial charge in [-0.3, -0.25) is 9.59 Å². The van der Waals surface area contributed by atoms with Crippen molar-refractivity contribution in [2.45, 2.75) is 38.6 Å². The third-order valence-corrected chi connectivity index (χ3v) is 6.01. The van der Waals surface area contributed by atoms with Gasteiger partial charge in [0.15, 0.2) is 0 Å². The van der Waals surface area contributed by atoms with Crippen molar-refractivity contribution in [2.75, 3.05) is 32.9 Å². The summed E-state index contributed by atoms with van der Waals surface area (Å²) in [6, 6.07) is 2.21. The number of carbonyl (C=O) groups is 2. The highest BCUT2D eigenvalue weighted by Gasteiger charge is 2.28. The monoisotopic (exact) mass is 374 g/mol. The van der Waals surface area contributed by atoms with Crippen LogP contribution in [0.3, 0.4) is 0 Å². The molecule has 2 rings (SSSR count). The highest BCUT2D eigenvalue weighted by Crippen LogP contribution is 2.27. The molecule has 0 N–H and O–H groups in total. The Labute approximate surface area is 159 Å². The van der Waals surface area contributed by atoms with E-state index in [1.807, 2.05) is 25.7 Å². The topological polar surface area (TPSA) is 77.3 Å². The average Bonchev–Trinajstić information content (AvgIpc) is 2.63. The molecule has 1 saturated heterocycles. The van der Waals surface area contributed by atoms with E-state index < -0.39 is 0 Å². The smallest absolute Gasteiger partial charge is 0.232 e. The van der Waals surface area contributed by atoms with Crippen molar-refractivity contribution in [2.24, 2.45) is 5.92 Å². The second-order valence-electron chi connectivity index (χ2n) is 6.92. The van der Waals surface area contributed by atoms with Crippen LogP contribution in [0, 0.1) is 38.0 Å². The van der Waals surface area contributed by atoms with Gasteiger partial charge in [-0.1, -0.05) is 11.8 Å². The third-order valence-electron chi connectivity index (χ3n) is 5.05. The minimum absolute atomic E-state index is 0.0101. The summed E-state index contributed by atoms with van der Waals surface area (Å²) in [5.74, 6) is 0.443. The van der Waals surface area contributed by atoms with Crippen LogP contribution >= 0.6 is 11.8 Å². The summed E-state index contributed by atoms with van der Waals surface area (Å²) in [5, 5.41) is 10.0. The van der Waals surface area contributed by atoms with Crippen molar-refractivity contribution in [3.63, 3.8) is 0 Å². The molecule has 0 aliphatic carbocycles. The van der Waals surface area contributed by atoms with Crippen molar-refractivity contribution >= 4 is 23.6 Å². The SMILES string of the molecule is Cc1nc(SCC(=O)N2CCC(C(=O)N(C)C)CC2)c(C#N)c(C)c1C. The number of aryl methyl sites for hydroxylation is 1. The minimum Gasteiger partial charge on any atom is -0.349 e. The first-order valence-corrected chi connectivity index (χ1v) is 9.74. The molecule has 0 spiro atoms. The van der Waals surface area contributed by atoms with Crippen molar-refractivity contribution in [3.05, 3.63) is 22.4 Å². The van der Waals surface area contributed by atoms with Crippen LogP contribution < -0.4 is 0 Å². The zero-order valence-corrected chi connectivity index (χ0v) is 16.9. The number of likely N-dealkylation sites (tertiary alicyclic amines) is 1. The number of amides is 2. The van der Waals surface area contributed by atoms with Crippen LogP contribution in [0.2, 0.25) is 0 Å². The lowest BCUT2D eigenvalue weighted by molar-refractivity contribution is -0.138. The van der Waals surface area contributed by atoms with E-state index in [0.29, 0.717) is 36.5 Å². The average molecular weight is 375 g/mol. The van der Waals surface area contributed by atoms with Gasteiger partial charge < -0.3 is 9.80 Å². The zero-order chi connectivity index (χ0) is 19.4. The fraction of sp³-hybridized carbons (Fsp3) is 0.579. The molecule has 0 unspecified atom stereocenters. The molecule has 0 bridgehead atoms. The molecule has 0 atom stereocenters. The van der Waals surface area contributed by atoms with Crippen LogP contribution in [0.25, 0.3) is 0 Å². The number of piperidine rings is 1. The Morgan fingerprint density at radius 3 is 2.38 bits per heavy atom. The molecular formula is C19H26N4O2S. The first kappa shape index (κ1) is 20.2. The summed E-state index contributed by atoms with van der Waals surface area (Å²) >= 11 is 1.32. The molecule has 1 fully saturated rings. The van der Waals surface area contributed by atoms with Crippen molar-refractivity contribution in [3.8, 4) is 6.07 Å². The number of thioether (sulfide) groups is 1. The molecule has 0 saturated carbocycles. The Balaban J connectivity index is 1.97. The molecule has 0 aromatic carbocycles. The van der Waals surface area contributed by atoms with Crippen LogP contribution in [0.15, 0.2) is 5.03 Å². The van der Waals surface area contributed by atoms with E-state index in [9.17, 15) is 14.9 Å². The molecule has 0 radical (unpaired) electrons. The number of nitriles is 1. The maximum Gasteiger partial charge on any atom is 0.232 e. The zero-order valence-electron chi connectivity index (χ0n) is 16.1. The van der Waals surface area contributed by atoms with Crippen LogP contribution in [0.4, 0.5) is 0 Å². The van der Waals surface area contributed by atoms with Crippen molar-refractivity contribution in [1.29, 1.82) is 5.26 Å². The number of rotatable bonds is 4. The fourth-order valence-corrected chi connectivity index (χ4v) is 4.10. The molecule has 26 heavy (non-hydrogen) atoms. The van der Waals surface area contributed by atoms with Gasteiger partial charge in [0.2, 0.25) is 11.8 Å². The Hall–Kier alpha value is -2.07. The molecule has 1 aliphatic rings. The van der Waals surface area contributed by atoms with E-state index in [1.54, 1.807) is 19.0 Å². The second-order valence-corrected chi connectivity index (χ2v) is 7.88. The highest BCUT2D eigenvalue weighted by molar-refractivity contribution is 8.00. The normalized spacial score (nSPS) is 14.8. The molecule has 140 valence electrons. The van der Waals surface area contributed by atoms with Gasteiger partial charge in [0.25, 0.3) is 0 Å². The molecule has 2 heterocycles. The minimum atomic E-state index is 0.0101. The van der Waals surface area contributed by atoms with Gasteiger partial charge in [-0.2, -0.15) is 5.26 Å². The van der Waals surface area contributed by atoms with E-state index in [4.69, 9.17) is 0 Å². The Bertz CT molecular complexity index is 747. The third kappa shape index (κ3) is 4.36. The number of nitrogens with zero attached hydrogens (tertiary/aromatic N) is 4. The van der Waals surface area contributed by atoms with Gasteiger partial charge >= 0.3 is 0 Å². The number of carbonyl (C=O) groups excluding carboxylic acids is 2. The maximum atomic E-state index is 12.5. The van der Waals surface area contributed by atoms with E-state index >= 15 is 0 Å². The number of aromatic nitrogens is 1. The Morgan fingerprint density at radius 2 is 1.85 bits per heavy atom. The number of hydrogen-bond acceptors (Lipinski definition) is 5. The predicted octanol–water partition coefficient (Wildman–Crippen LogP) is 2.30. The highest BCUT2D eigenvalue weighted by atomic mass is 32.2. The summed E-state index contributed by atoms with van der Waals surface area (Å²) in [6.07, 6.45) is 1.41. The molecule has 1 aromatic heterocycles. The lowest BCUT2D eigenvalue weighted by atomic mass is 9.95. The van der Waals surface area contributed by atoms with E-state index in [2.05, 4.69) is 11.1 Å². The van der Waals surface area contributed by atoms with Crippen LogP contribution in [-0.2, 0) is 9.59 Å². The molecular weight excluding hydrogens is 348 g/mol. The largest absolute Gasteiger partial charge is 0.349 e. The fourth-order valence-electron chi connectivity index (χ4n) is 3.11. The Morgan fingerprint density at radius 1 is 1.23 bits per heavy atom. The van der Waals surface area contributed by atoms with Gasteiger partial charge in [-0.25, -0.2) is 4.98 Å². The van der Waals surface area contributed by atoms with Crippen molar-refractivity contribution in [1.82, 2.24) is 14.8 Å². The lowest BCUT2D eigenvalue weighted by Gasteiger charge is -2.32.